The second kappa shape index (κ2) is 14.9. The first-order chi connectivity index (χ1) is 11.6. The number of thioether (sulfide) groups is 6. The molecule has 24 heavy (non-hydrogen) atoms. The molecule has 0 radical (unpaired) electrons. The second-order valence-corrected chi connectivity index (χ2v) is 11.2. The summed E-state index contributed by atoms with van der Waals surface area (Å²) in [6.45, 7) is 0. The molecular formula is C14H20O4S6. The third-order valence-electron chi connectivity index (χ3n) is 2.51. The van der Waals surface area contributed by atoms with Gasteiger partial charge in [-0.25, -0.2) is 0 Å². The number of carbonyl (C=O) groups excluding carboxylic acids is 4. The zero-order valence-corrected chi connectivity index (χ0v) is 18.1. The summed E-state index contributed by atoms with van der Waals surface area (Å²) < 4.78 is 0. The van der Waals surface area contributed by atoms with Crippen molar-refractivity contribution in [3.8, 4) is 0 Å². The molecule has 0 bridgehead atoms. The molecule has 0 N–H and O–H groups in total. The standard InChI is InChI=1S/C14H20O4S6/c15-11-7-19-9-13(17)23-5-2-6-24-14(18)10-20-8-12(16)22-4-1-3-21-11/h1-10H2. The average Bonchev–Trinajstić information content (AvgIpc) is 2.53. The molecule has 10 heteroatoms. The maximum absolute atomic E-state index is 11.7. The highest BCUT2D eigenvalue weighted by Gasteiger charge is 2.10. The largest absolute Gasteiger partial charge is 0.286 e. The maximum Gasteiger partial charge on any atom is 0.198 e. The predicted octanol–water partition coefficient (Wildman–Crippen LogP) is 3.29. The number of rotatable bonds is 0. The minimum absolute atomic E-state index is 0.0917. The Labute approximate surface area is 168 Å². The summed E-state index contributed by atoms with van der Waals surface area (Å²) >= 11 is 7.81. The van der Waals surface area contributed by atoms with E-state index in [4.69, 9.17) is 0 Å². The molecule has 0 spiro atoms. The lowest BCUT2D eigenvalue weighted by Crippen LogP contribution is -2.05. The topological polar surface area (TPSA) is 68.3 Å². The van der Waals surface area contributed by atoms with Crippen LogP contribution in [-0.4, -0.2) is 66.5 Å². The quantitative estimate of drug-likeness (QED) is 0.556. The van der Waals surface area contributed by atoms with Gasteiger partial charge in [-0.1, -0.05) is 47.0 Å². The molecule has 0 aromatic rings. The van der Waals surface area contributed by atoms with Crippen molar-refractivity contribution in [1.82, 2.24) is 0 Å². The van der Waals surface area contributed by atoms with Crippen molar-refractivity contribution in [3.05, 3.63) is 0 Å². The van der Waals surface area contributed by atoms with E-state index in [9.17, 15) is 19.2 Å². The smallest absolute Gasteiger partial charge is 0.198 e. The number of carbonyl (C=O) groups is 4. The first-order valence-corrected chi connectivity index (χ1v) is 13.6. The van der Waals surface area contributed by atoms with E-state index < -0.39 is 0 Å². The van der Waals surface area contributed by atoms with E-state index >= 15 is 0 Å². The number of hydrogen-bond donors (Lipinski definition) is 0. The van der Waals surface area contributed by atoms with Crippen LogP contribution in [0, 0.1) is 0 Å². The van der Waals surface area contributed by atoms with Crippen LogP contribution in [0.4, 0.5) is 0 Å². The molecule has 0 unspecified atom stereocenters. The van der Waals surface area contributed by atoms with Crippen molar-refractivity contribution >= 4 is 91.0 Å². The first-order valence-electron chi connectivity index (χ1n) is 7.36. The van der Waals surface area contributed by atoms with E-state index in [1.54, 1.807) is 0 Å². The molecule has 1 saturated heterocycles. The highest BCUT2D eigenvalue weighted by Crippen LogP contribution is 2.18. The predicted molar refractivity (Wildman–Crippen MR) is 114 cm³/mol. The van der Waals surface area contributed by atoms with Gasteiger partial charge in [0.05, 0.1) is 23.0 Å². The van der Waals surface area contributed by atoms with Crippen LogP contribution in [-0.2, 0) is 19.2 Å². The monoisotopic (exact) mass is 444 g/mol. The minimum atomic E-state index is 0.0917. The van der Waals surface area contributed by atoms with Crippen molar-refractivity contribution < 1.29 is 19.2 Å². The van der Waals surface area contributed by atoms with Crippen LogP contribution in [0.5, 0.6) is 0 Å². The van der Waals surface area contributed by atoms with E-state index in [2.05, 4.69) is 0 Å². The highest BCUT2D eigenvalue weighted by molar-refractivity contribution is 8.18. The summed E-state index contributed by atoms with van der Waals surface area (Å²) in [5.41, 5.74) is 0. The Hall–Kier alpha value is 0.780. The molecule has 4 nitrogen and oxygen atoms in total. The summed E-state index contributed by atoms with van der Waals surface area (Å²) in [6, 6.07) is 0. The molecule has 1 rings (SSSR count). The number of hydrogen-bond acceptors (Lipinski definition) is 10. The molecule has 0 saturated carbocycles. The molecule has 0 aliphatic carbocycles. The van der Waals surface area contributed by atoms with Crippen LogP contribution >= 0.6 is 70.6 Å². The van der Waals surface area contributed by atoms with Crippen molar-refractivity contribution in [2.45, 2.75) is 12.8 Å². The van der Waals surface area contributed by atoms with Gasteiger partial charge in [-0.05, 0) is 12.8 Å². The Morgan fingerprint density at radius 3 is 0.958 bits per heavy atom. The third-order valence-corrected chi connectivity index (χ3v) is 8.94. The van der Waals surface area contributed by atoms with E-state index in [0.717, 1.165) is 12.8 Å². The first kappa shape index (κ1) is 22.8. The Balaban J connectivity index is 2.34. The van der Waals surface area contributed by atoms with E-state index in [0.29, 0.717) is 46.0 Å². The van der Waals surface area contributed by atoms with Gasteiger partial charge in [0.1, 0.15) is 0 Å². The van der Waals surface area contributed by atoms with Crippen molar-refractivity contribution in [1.29, 1.82) is 0 Å². The molecule has 0 amide bonds. The van der Waals surface area contributed by atoms with Crippen LogP contribution in [0.15, 0.2) is 0 Å². The lowest BCUT2D eigenvalue weighted by molar-refractivity contribution is -0.109. The second-order valence-electron chi connectivity index (χ2n) is 4.57. The maximum atomic E-state index is 11.7. The van der Waals surface area contributed by atoms with Crippen LogP contribution in [0.25, 0.3) is 0 Å². The van der Waals surface area contributed by atoms with Gasteiger partial charge in [-0.2, -0.15) is 0 Å². The fourth-order valence-electron chi connectivity index (χ4n) is 1.46. The summed E-state index contributed by atoms with van der Waals surface area (Å²) in [6.07, 6.45) is 1.59. The third kappa shape index (κ3) is 13.0. The minimum Gasteiger partial charge on any atom is -0.286 e. The van der Waals surface area contributed by atoms with Crippen molar-refractivity contribution in [2.24, 2.45) is 0 Å². The SMILES string of the molecule is O=C1CSCC(=O)SCCCSC(=O)CSCC(=O)SCCCS1. The molecule has 0 atom stereocenters. The van der Waals surface area contributed by atoms with Crippen LogP contribution in [0.2, 0.25) is 0 Å². The average molecular weight is 445 g/mol. The molecular weight excluding hydrogens is 425 g/mol. The van der Waals surface area contributed by atoms with Crippen molar-refractivity contribution in [2.75, 3.05) is 46.0 Å². The Morgan fingerprint density at radius 2 is 0.708 bits per heavy atom. The molecule has 1 aliphatic rings. The van der Waals surface area contributed by atoms with Gasteiger partial charge < -0.3 is 0 Å². The lowest BCUT2D eigenvalue weighted by atomic mass is 10.6. The molecule has 1 fully saturated rings. The molecule has 0 aromatic heterocycles. The van der Waals surface area contributed by atoms with Gasteiger partial charge >= 0.3 is 0 Å². The van der Waals surface area contributed by atoms with Gasteiger partial charge in [0.2, 0.25) is 0 Å². The summed E-state index contributed by atoms with van der Waals surface area (Å²) in [5, 5.41) is 0.367. The van der Waals surface area contributed by atoms with Gasteiger partial charge in [0.25, 0.3) is 0 Å². The normalized spacial score (nSPS) is 22.3. The lowest BCUT2D eigenvalue weighted by Gasteiger charge is -2.04. The van der Waals surface area contributed by atoms with Crippen LogP contribution in [0.3, 0.4) is 0 Å². The fourth-order valence-corrected chi connectivity index (χ4v) is 7.10. The van der Waals surface area contributed by atoms with Gasteiger partial charge in [0, 0.05) is 23.0 Å². The molecule has 0 aromatic carbocycles. The molecule has 136 valence electrons. The Bertz CT molecular complexity index is 367. The molecule has 1 heterocycles. The molecule has 1 aliphatic heterocycles. The Morgan fingerprint density at radius 1 is 0.458 bits per heavy atom. The fraction of sp³-hybridized carbons (Fsp3) is 0.714. The van der Waals surface area contributed by atoms with E-state index in [-0.39, 0.29) is 20.5 Å². The summed E-state index contributed by atoms with van der Waals surface area (Å²) in [4.78, 5) is 46.7. The van der Waals surface area contributed by atoms with E-state index in [1.807, 2.05) is 0 Å². The summed E-state index contributed by atoms with van der Waals surface area (Å²) in [5.74, 6) is 4.20. The zero-order chi connectivity index (χ0) is 17.6. The highest BCUT2D eigenvalue weighted by atomic mass is 32.2. The summed E-state index contributed by atoms with van der Waals surface area (Å²) in [7, 11) is 0. The zero-order valence-electron chi connectivity index (χ0n) is 13.2. The van der Waals surface area contributed by atoms with Gasteiger partial charge in [-0.15, -0.1) is 23.5 Å². The van der Waals surface area contributed by atoms with Gasteiger partial charge in [0.15, 0.2) is 20.5 Å². The van der Waals surface area contributed by atoms with E-state index in [1.165, 1.54) is 70.6 Å². The van der Waals surface area contributed by atoms with Crippen LogP contribution < -0.4 is 0 Å². The van der Waals surface area contributed by atoms with Crippen LogP contribution in [0.1, 0.15) is 12.8 Å². The Kier molecular flexibility index (Phi) is 14.2. The van der Waals surface area contributed by atoms with Gasteiger partial charge in [-0.3, -0.25) is 19.2 Å². The van der Waals surface area contributed by atoms with Crippen molar-refractivity contribution in [3.63, 3.8) is 0 Å².